The molecule has 0 unspecified atom stereocenters. The normalized spacial score (nSPS) is 24.6. The van der Waals surface area contributed by atoms with Crippen molar-refractivity contribution in [1.82, 2.24) is 10.2 Å². The van der Waals surface area contributed by atoms with Gasteiger partial charge in [0.15, 0.2) is 0 Å². The van der Waals surface area contributed by atoms with Crippen LogP contribution < -0.4 is 5.32 Å². The summed E-state index contributed by atoms with van der Waals surface area (Å²) in [6.45, 7) is 3.77. The Morgan fingerprint density at radius 3 is 3.12 bits per heavy atom. The van der Waals surface area contributed by atoms with Crippen molar-refractivity contribution in [3.63, 3.8) is 0 Å². The fourth-order valence-corrected chi connectivity index (χ4v) is 1.96. The van der Waals surface area contributed by atoms with Gasteiger partial charge in [-0.2, -0.15) is 0 Å². The second kappa shape index (κ2) is 5.33. The van der Waals surface area contributed by atoms with E-state index in [2.05, 4.69) is 5.32 Å². The molecular weight excluding hydrogens is 220 g/mol. The summed E-state index contributed by atoms with van der Waals surface area (Å²) in [6, 6.07) is 3.42. The fraction of sp³-hybridized carbons (Fsp3) is 0.583. The average Bonchev–Trinajstić information content (AvgIpc) is 2.81. The molecule has 1 amide bonds. The van der Waals surface area contributed by atoms with Crippen LogP contribution in [0.4, 0.5) is 0 Å². The van der Waals surface area contributed by atoms with E-state index in [-0.39, 0.29) is 18.1 Å². The molecule has 1 aliphatic heterocycles. The molecule has 2 rings (SSSR count). The molecule has 1 fully saturated rings. The van der Waals surface area contributed by atoms with Gasteiger partial charge in [-0.15, -0.1) is 0 Å². The van der Waals surface area contributed by atoms with Crippen LogP contribution in [0.25, 0.3) is 0 Å². The van der Waals surface area contributed by atoms with Crippen molar-refractivity contribution in [2.24, 2.45) is 0 Å². The van der Waals surface area contributed by atoms with Crippen LogP contribution in [0.3, 0.4) is 0 Å². The van der Waals surface area contributed by atoms with Crippen LogP contribution in [0.5, 0.6) is 0 Å². The summed E-state index contributed by atoms with van der Waals surface area (Å²) in [6.07, 6.45) is 1.52. The lowest BCUT2D eigenvalue weighted by molar-refractivity contribution is -0.138. The number of furan rings is 1. The zero-order valence-electron chi connectivity index (χ0n) is 10.2. The summed E-state index contributed by atoms with van der Waals surface area (Å²) in [4.78, 5) is 13.8. The van der Waals surface area contributed by atoms with Crippen molar-refractivity contribution >= 4 is 5.91 Å². The number of hydrogen-bond acceptors (Lipinski definition) is 4. The molecule has 0 radical (unpaired) electrons. The van der Waals surface area contributed by atoms with Gasteiger partial charge < -0.3 is 19.4 Å². The second-order valence-electron chi connectivity index (χ2n) is 4.28. The molecule has 94 valence electrons. The van der Waals surface area contributed by atoms with E-state index in [4.69, 9.17) is 9.15 Å². The minimum Gasteiger partial charge on any atom is -0.467 e. The van der Waals surface area contributed by atoms with Gasteiger partial charge in [-0.3, -0.25) is 4.79 Å². The van der Waals surface area contributed by atoms with Gasteiger partial charge in [-0.05, 0) is 19.1 Å². The maximum atomic E-state index is 12.2. The Morgan fingerprint density at radius 1 is 1.65 bits per heavy atom. The van der Waals surface area contributed by atoms with Crippen molar-refractivity contribution in [3.05, 3.63) is 24.2 Å². The number of carbonyl (C=O) groups excluding carboxylic acids is 1. The molecule has 2 heterocycles. The number of hydrogen-bond donors (Lipinski definition) is 1. The van der Waals surface area contributed by atoms with Crippen LogP contribution in [-0.4, -0.2) is 43.2 Å². The second-order valence-corrected chi connectivity index (χ2v) is 4.28. The minimum atomic E-state index is -0.260. The predicted octanol–water partition coefficient (Wildman–Crippen LogP) is 0.615. The molecule has 0 spiro atoms. The van der Waals surface area contributed by atoms with Crippen molar-refractivity contribution in [2.45, 2.75) is 25.6 Å². The average molecular weight is 238 g/mol. The lowest BCUT2D eigenvalue weighted by atomic mass is 10.1. The number of nitrogens with zero attached hydrogens (tertiary/aromatic N) is 1. The van der Waals surface area contributed by atoms with Gasteiger partial charge in [0, 0.05) is 13.6 Å². The minimum absolute atomic E-state index is 0.0357. The molecule has 1 N–H and O–H groups in total. The summed E-state index contributed by atoms with van der Waals surface area (Å²) >= 11 is 0. The van der Waals surface area contributed by atoms with Crippen molar-refractivity contribution in [1.29, 1.82) is 0 Å². The summed E-state index contributed by atoms with van der Waals surface area (Å²) < 4.78 is 10.7. The quantitative estimate of drug-likeness (QED) is 0.838. The van der Waals surface area contributed by atoms with E-state index in [0.717, 1.165) is 12.3 Å². The number of amides is 1. The highest BCUT2D eigenvalue weighted by molar-refractivity contribution is 5.82. The summed E-state index contributed by atoms with van der Waals surface area (Å²) in [5.74, 6) is 0.818. The fourth-order valence-electron chi connectivity index (χ4n) is 1.96. The van der Waals surface area contributed by atoms with Crippen LogP contribution in [0, 0.1) is 0 Å². The molecule has 2 atom stereocenters. The third kappa shape index (κ3) is 2.87. The van der Waals surface area contributed by atoms with Gasteiger partial charge in [-0.1, -0.05) is 0 Å². The zero-order chi connectivity index (χ0) is 12.3. The number of morpholine rings is 1. The summed E-state index contributed by atoms with van der Waals surface area (Å²) in [5.41, 5.74) is 0. The standard InChI is InChI=1S/C12H18N2O3/c1-9-11(13-5-7-16-9)12(15)14(2)8-10-4-3-6-17-10/h3-4,6,9,11,13H,5,7-8H2,1-2H3/t9-,11+/m1/s1. The zero-order valence-corrected chi connectivity index (χ0v) is 10.2. The third-order valence-corrected chi connectivity index (χ3v) is 2.93. The Hall–Kier alpha value is -1.33. The van der Waals surface area contributed by atoms with Crippen LogP contribution in [0.15, 0.2) is 22.8 Å². The lowest BCUT2D eigenvalue weighted by Gasteiger charge is -2.32. The van der Waals surface area contributed by atoms with Crippen molar-refractivity contribution in [3.8, 4) is 0 Å². The summed E-state index contributed by atoms with van der Waals surface area (Å²) in [7, 11) is 1.77. The Balaban J connectivity index is 1.94. The molecule has 0 bridgehead atoms. The number of rotatable bonds is 3. The van der Waals surface area contributed by atoms with Gasteiger partial charge in [0.05, 0.1) is 25.5 Å². The van der Waals surface area contributed by atoms with Crippen LogP contribution in [0.1, 0.15) is 12.7 Å². The predicted molar refractivity (Wildman–Crippen MR) is 62.4 cm³/mol. The van der Waals surface area contributed by atoms with Crippen LogP contribution in [0.2, 0.25) is 0 Å². The van der Waals surface area contributed by atoms with Crippen LogP contribution >= 0.6 is 0 Å². The number of carbonyl (C=O) groups is 1. The maximum absolute atomic E-state index is 12.2. The number of likely N-dealkylation sites (N-methyl/N-ethyl adjacent to an activating group) is 1. The van der Waals surface area contributed by atoms with E-state index in [1.54, 1.807) is 18.2 Å². The molecule has 5 nitrogen and oxygen atoms in total. The van der Waals surface area contributed by atoms with E-state index in [9.17, 15) is 4.79 Å². The third-order valence-electron chi connectivity index (χ3n) is 2.93. The molecule has 5 heteroatoms. The van der Waals surface area contributed by atoms with Gasteiger partial charge in [0.2, 0.25) is 5.91 Å². The molecule has 0 saturated carbocycles. The van der Waals surface area contributed by atoms with Gasteiger partial charge in [0.1, 0.15) is 11.8 Å². The molecule has 1 aromatic rings. The van der Waals surface area contributed by atoms with Crippen molar-refractivity contribution < 1.29 is 13.9 Å². The van der Waals surface area contributed by atoms with E-state index in [0.29, 0.717) is 13.2 Å². The number of nitrogens with one attached hydrogen (secondary N) is 1. The van der Waals surface area contributed by atoms with Crippen molar-refractivity contribution in [2.75, 3.05) is 20.2 Å². The monoisotopic (exact) mass is 238 g/mol. The first-order chi connectivity index (χ1) is 8.18. The molecule has 1 aliphatic rings. The first kappa shape index (κ1) is 12.1. The highest BCUT2D eigenvalue weighted by atomic mass is 16.5. The Kier molecular flexibility index (Phi) is 3.81. The Labute approximate surface area is 101 Å². The van der Waals surface area contributed by atoms with Crippen LogP contribution in [-0.2, 0) is 16.1 Å². The molecule has 0 aromatic carbocycles. The molecule has 0 aliphatic carbocycles. The smallest absolute Gasteiger partial charge is 0.242 e. The van der Waals surface area contributed by atoms with E-state index < -0.39 is 0 Å². The van der Waals surface area contributed by atoms with E-state index in [1.807, 2.05) is 19.1 Å². The molecule has 1 aromatic heterocycles. The Morgan fingerprint density at radius 2 is 2.47 bits per heavy atom. The van der Waals surface area contributed by atoms with Gasteiger partial charge >= 0.3 is 0 Å². The SMILES string of the molecule is C[C@H]1OCCN[C@@H]1C(=O)N(C)Cc1ccco1. The van der Waals surface area contributed by atoms with E-state index in [1.165, 1.54) is 0 Å². The lowest BCUT2D eigenvalue weighted by Crippen LogP contribution is -2.55. The van der Waals surface area contributed by atoms with E-state index >= 15 is 0 Å². The molecule has 17 heavy (non-hydrogen) atoms. The van der Waals surface area contributed by atoms with Gasteiger partial charge in [0.25, 0.3) is 0 Å². The Bertz CT molecular complexity index is 364. The summed E-state index contributed by atoms with van der Waals surface area (Å²) in [5, 5.41) is 3.18. The molecule has 1 saturated heterocycles. The maximum Gasteiger partial charge on any atom is 0.242 e. The highest BCUT2D eigenvalue weighted by Crippen LogP contribution is 2.10. The first-order valence-corrected chi connectivity index (χ1v) is 5.81. The first-order valence-electron chi connectivity index (χ1n) is 5.81. The number of ether oxygens (including phenoxy) is 1. The molecular formula is C12H18N2O3. The highest BCUT2D eigenvalue weighted by Gasteiger charge is 2.30. The van der Waals surface area contributed by atoms with Gasteiger partial charge in [-0.25, -0.2) is 0 Å². The topological polar surface area (TPSA) is 54.7 Å². The largest absolute Gasteiger partial charge is 0.467 e.